The van der Waals surface area contributed by atoms with Crippen LogP contribution in [0.4, 0.5) is 0 Å². The van der Waals surface area contributed by atoms with Crippen LogP contribution in [0.5, 0.6) is 5.75 Å². The predicted molar refractivity (Wildman–Crippen MR) is 74.1 cm³/mol. The molecule has 1 atom stereocenters. The summed E-state index contributed by atoms with van der Waals surface area (Å²) >= 11 is 0. The van der Waals surface area contributed by atoms with Crippen molar-refractivity contribution in [1.29, 1.82) is 0 Å². The van der Waals surface area contributed by atoms with E-state index in [4.69, 9.17) is 9.84 Å². The van der Waals surface area contributed by atoms with Crippen molar-refractivity contribution in [2.45, 2.75) is 26.5 Å². The Morgan fingerprint density at radius 1 is 1.20 bits per heavy atom. The lowest BCUT2D eigenvalue weighted by Crippen LogP contribution is -2.42. The molecule has 1 aromatic rings. The summed E-state index contributed by atoms with van der Waals surface area (Å²) in [7, 11) is 0. The number of nitrogens with one attached hydrogen (secondary N) is 2. The number of hydrogen-bond acceptors (Lipinski definition) is 4. The Morgan fingerprint density at radius 3 is 2.35 bits per heavy atom. The molecular formula is C14H20N2O4. The first kappa shape index (κ1) is 16.0. The van der Waals surface area contributed by atoms with E-state index < -0.39 is 17.9 Å². The number of rotatable bonds is 6. The lowest BCUT2D eigenvalue weighted by molar-refractivity contribution is -0.139. The Hall–Kier alpha value is -2.08. The number of benzene rings is 1. The van der Waals surface area contributed by atoms with Crippen LogP contribution < -0.4 is 15.4 Å². The second-order valence-corrected chi connectivity index (χ2v) is 4.32. The molecule has 0 aromatic heterocycles. The van der Waals surface area contributed by atoms with Gasteiger partial charge in [-0.15, -0.1) is 0 Å². The molecule has 0 heterocycles. The molecule has 0 aliphatic rings. The third kappa shape index (κ3) is 5.71. The number of carbonyl (C=O) groups excluding carboxylic acids is 2. The average molecular weight is 280 g/mol. The monoisotopic (exact) mass is 280 g/mol. The highest BCUT2D eigenvalue weighted by Gasteiger charge is 2.13. The van der Waals surface area contributed by atoms with Crippen molar-refractivity contribution in [3.8, 4) is 5.75 Å². The molecule has 0 fully saturated rings. The van der Waals surface area contributed by atoms with Crippen molar-refractivity contribution in [3.05, 3.63) is 29.8 Å². The SMILES string of the molecule is CCOc1ccc(CNC(=O)C(=O)NC[C@@H](C)O)cc1. The van der Waals surface area contributed by atoms with E-state index >= 15 is 0 Å². The maximum Gasteiger partial charge on any atom is 0.309 e. The third-order valence-electron chi connectivity index (χ3n) is 2.45. The highest BCUT2D eigenvalue weighted by molar-refractivity contribution is 6.35. The van der Waals surface area contributed by atoms with Crippen LogP contribution in [-0.4, -0.2) is 36.2 Å². The fraction of sp³-hybridized carbons (Fsp3) is 0.429. The number of carbonyl (C=O) groups is 2. The van der Waals surface area contributed by atoms with Crippen LogP contribution in [0.15, 0.2) is 24.3 Å². The van der Waals surface area contributed by atoms with Crippen LogP contribution in [0.2, 0.25) is 0 Å². The largest absolute Gasteiger partial charge is 0.494 e. The van der Waals surface area contributed by atoms with Gasteiger partial charge in [0.15, 0.2) is 0 Å². The second-order valence-electron chi connectivity index (χ2n) is 4.32. The van der Waals surface area contributed by atoms with Crippen LogP contribution in [0.3, 0.4) is 0 Å². The lowest BCUT2D eigenvalue weighted by Gasteiger charge is -2.08. The zero-order valence-electron chi connectivity index (χ0n) is 11.7. The molecule has 2 amide bonds. The molecule has 0 unspecified atom stereocenters. The summed E-state index contributed by atoms with van der Waals surface area (Å²) in [5.41, 5.74) is 0.866. The second kappa shape index (κ2) is 8.16. The molecule has 6 heteroatoms. The zero-order chi connectivity index (χ0) is 15.0. The molecule has 1 rings (SSSR count). The molecule has 0 saturated heterocycles. The van der Waals surface area contributed by atoms with Gasteiger partial charge >= 0.3 is 11.8 Å². The summed E-state index contributed by atoms with van der Waals surface area (Å²) < 4.78 is 5.30. The molecule has 0 saturated carbocycles. The summed E-state index contributed by atoms with van der Waals surface area (Å²) in [6, 6.07) is 7.24. The predicted octanol–water partition coefficient (Wildman–Crippen LogP) is 0.199. The molecule has 0 spiro atoms. The highest BCUT2D eigenvalue weighted by Crippen LogP contribution is 2.11. The van der Waals surface area contributed by atoms with Crippen molar-refractivity contribution in [2.75, 3.05) is 13.2 Å². The van der Waals surface area contributed by atoms with Gasteiger partial charge in [0.2, 0.25) is 0 Å². The molecule has 0 bridgehead atoms. The van der Waals surface area contributed by atoms with E-state index in [0.29, 0.717) is 6.61 Å². The van der Waals surface area contributed by atoms with Gasteiger partial charge in [0.1, 0.15) is 5.75 Å². The minimum Gasteiger partial charge on any atom is -0.494 e. The van der Waals surface area contributed by atoms with Gasteiger partial charge in [0.25, 0.3) is 0 Å². The normalized spacial score (nSPS) is 11.6. The van der Waals surface area contributed by atoms with E-state index in [1.54, 1.807) is 12.1 Å². The molecule has 1 aromatic carbocycles. The Morgan fingerprint density at radius 2 is 1.80 bits per heavy atom. The number of aliphatic hydroxyl groups excluding tert-OH is 1. The van der Waals surface area contributed by atoms with Gasteiger partial charge in [0, 0.05) is 13.1 Å². The van der Waals surface area contributed by atoms with Gasteiger partial charge in [0.05, 0.1) is 12.7 Å². The Labute approximate surface area is 118 Å². The zero-order valence-corrected chi connectivity index (χ0v) is 11.7. The Bertz CT molecular complexity index is 443. The molecule has 20 heavy (non-hydrogen) atoms. The molecule has 0 radical (unpaired) electrons. The van der Waals surface area contributed by atoms with Gasteiger partial charge in [-0.1, -0.05) is 12.1 Å². The Balaban J connectivity index is 2.38. The first-order chi connectivity index (χ1) is 9.52. The van der Waals surface area contributed by atoms with E-state index in [-0.39, 0.29) is 13.1 Å². The first-order valence-corrected chi connectivity index (χ1v) is 6.48. The van der Waals surface area contributed by atoms with E-state index in [1.165, 1.54) is 6.92 Å². The Kier molecular flexibility index (Phi) is 6.52. The lowest BCUT2D eigenvalue weighted by atomic mass is 10.2. The molecule has 6 nitrogen and oxygen atoms in total. The molecular weight excluding hydrogens is 260 g/mol. The van der Waals surface area contributed by atoms with E-state index in [1.807, 2.05) is 19.1 Å². The maximum atomic E-state index is 11.5. The topological polar surface area (TPSA) is 87.7 Å². The van der Waals surface area contributed by atoms with Gasteiger partial charge < -0.3 is 20.5 Å². The minimum atomic E-state index is -0.753. The summed E-state index contributed by atoms with van der Waals surface area (Å²) in [6.07, 6.45) is -0.683. The number of hydrogen-bond donors (Lipinski definition) is 3. The van der Waals surface area contributed by atoms with Gasteiger partial charge in [-0.2, -0.15) is 0 Å². The van der Waals surface area contributed by atoms with Crippen molar-refractivity contribution in [1.82, 2.24) is 10.6 Å². The van der Waals surface area contributed by atoms with E-state index in [0.717, 1.165) is 11.3 Å². The number of aliphatic hydroxyl groups is 1. The molecule has 0 aliphatic carbocycles. The molecule has 3 N–H and O–H groups in total. The third-order valence-corrected chi connectivity index (χ3v) is 2.45. The molecule has 0 aliphatic heterocycles. The molecule has 110 valence electrons. The maximum absolute atomic E-state index is 11.5. The van der Waals surface area contributed by atoms with Crippen LogP contribution >= 0.6 is 0 Å². The van der Waals surface area contributed by atoms with Crippen LogP contribution in [0, 0.1) is 0 Å². The summed E-state index contributed by atoms with van der Waals surface area (Å²) in [5, 5.41) is 13.8. The van der Waals surface area contributed by atoms with Gasteiger partial charge in [-0.05, 0) is 31.5 Å². The van der Waals surface area contributed by atoms with Crippen molar-refractivity contribution in [3.63, 3.8) is 0 Å². The highest BCUT2D eigenvalue weighted by atomic mass is 16.5. The van der Waals surface area contributed by atoms with Crippen molar-refractivity contribution < 1.29 is 19.4 Å². The first-order valence-electron chi connectivity index (χ1n) is 6.48. The van der Waals surface area contributed by atoms with Crippen LogP contribution in [-0.2, 0) is 16.1 Å². The summed E-state index contributed by atoms with van der Waals surface area (Å²) in [5.74, 6) is -0.714. The van der Waals surface area contributed by atoms with Gasteiger partial charge in [-0.25, -0.2) is 0 Å². The smallest absolute Gasteiger partial charge is 0.309 e. The van der Waals surface area contributed by atoms with Crippen molar-refractivity contribution in [2.24, 2.45) is 0 Å². The van der Waals surface area contributed by atoms with E-state index in [9.17, 15) is 9.59 Å². The quantitative estimate of drug-likeness (QED) is 0.650. The summed E-state index contributed by atoms with van der Waals surface area (Å²) in [4.78, 5) is 22.8. The summed E-state index contributed by atoms with van der Waals surface area (Å²) in [6.45, 7) is 4.33. The van der Waals surface area contributed by atoms with E-state index in [2.05, 4.69) is 10.6 Å². The minimum absolute atomic E-state index is 0.0509. The number of ether oxygens (including phenoxy) is 1. The van der Waals surface area contributed by atoms with Crippen LogP contribution in [0.1, 0.15) is 19.4 Å². The van der Waals surface area contributed by atoms with Crippen LogP contribution in [0.25, 0.3) is 0 Å². The fourth-order valence-electron chi connectivity index (χ4n) is 1.45. The number of amides is 2. The van der Waals surface area contributed by atoms with Crippen molar-refractivity contribution >= 4 is 11.8 Å². The fourth-order valence-corrected chi connectivity index (χ4v) is 1.45. The average Bonchev–Trinajstić information content (AvgIpc) is 2.44. The van der Waals surface area contributed by atoms with Gasteiger partial charge in [-0.3, -0.25) is 9.59 Å². The standard InChI is InChI=1S/C14H20N2O4/c1-3-20-12-6-4-11(5-7-12)9-16-14(19)13(18)15-8-10(2)17/h4-7,10,17H,3,8-9H2,1-2H3,(H,15,18)(H,16,19)/t10-/m1/s1.